The standard InChI is InChI=1S/C33H43N7O8/c1-19(2)28-33(47)35-20(3)29(43)36-23(16-21-10-6-4-7-11-21)31(45)37-24(17-22-12-8-5-9-13-22)32(46)38-25(18-27(42)39-28)30(44)34-15-14-26(41)40-48/h4-13,19-20,23-25,28,48H,14-18H2,1-3H3,(H,34,44)(H,35,47)(H,36,43)(H,37,45)(H,38,46)(H,39,42)(H,40,41). The van der Waals surface area contributed by atoms with Crippen LogP contribution in [0.1, 0.15) is 44.7 Å². The fourth-order valence-corrected chi connectivity index (χ4v) is 4.97. The Hall–Kier alpha value is -5.31. The fraction of sp³-hybridized carbons (Fsp3) is 0.424. The Labute approximate surface area is 278 Å². The molecule has 0 spiro atoms. The predicted octanol–water partition coefficient (Wildman–Crippen LogP) is -1.01. The molecule has 2 aromatic rings. The first kappa shape index (κ1) is 37.2. The lowest BCUT2D eigenvalue weighted by Gasteiger charge is -2.28. The Kier molecular flexibility index (Phi) is 14.0. The van der Waals surface area contributed by atoms with Crippen LogP contribution in [0.3, 0.4) is 0 Å². The highest BCUT2D eigenvalue weighted by Crippen LogP contribution is 2.10. The Morgan fingerprint density at radius 3 is 1.79 bits per heavy atom. The third-order valence-corrected chi connectivity index (χ3v) is 7.65. The van der Waals surface area contributed by atoms with E-state index in [-0.39, 0.29) is 25.8 Å². The number of carbonyl (C=O) groups is 7. The molecule has 1 heterocycles. The molecule has 8 N–H and O–H groups in total. The Balaban J connectivity index is 2.01. The maximum absolute atomic E-state index is 13.8. The van der Waals surface area contributed by atoms with E-state index in [2.05, 4.69) is 31.9 Å². The van der Waals surface area contributed by atoms with E-state index in [4.69, 9.17) is 5.21 Å². The van der Waals surface area contributed by atoms with Gasteiger partial charge >= 0.3 is 0 Å². The minimum atomic E-state index is -1.48. The van der Waals surface area contributed by atoms with Gasteiger partial charge in [0.2, 0.25) is 41.4 Å². The number of carbonyl (C=O) groups excluding carboxylic acids is 7. The average molecular weight is 666 g/mol. The van der Waals surface area contributed by atoms with E-state index >= 15 is 0 Å². The van der Waals surface area contributed by atoms with Crippen molar-refractivity contribution in [2.45, 2.75) is 76.7 Å². The topological polar surface area (TPSA) is 224 Å². The van der Waals surface area contributed by atoms with Crippen LogP contribution in [0.25, 0.3) is 0 Å². The zero-order valence-corrected chi connectivity index (χ0v) is 27.1. The summed E-state index contributed by atoms with van der Waals surface area (Å²) in [5, 5.41) is 24.3. The highest BCUT2D eigenvalue weighted by atomic mass is 16.5. The number of amides is 7. The molecule has 2 aromatic carbocycles. The molecular weight excluding hydrogens is 622 g/mol. The maximum atomic E-state index is 13.8. The van der Waals surface area contributed by atoms with Crippen LogP contribution in [0.15, 0.2) is 60.7 Å². The van der Waals surface area contributed by atoms with Crippen LogP contribution in [0, 0.1) is 5.92 Å². The molecule has 1 saturated heterocycles. The van der Waals surface area contributed by atoms with Gasteiger partial charge in [0.15, 0.2) is 0 Å². The van der Waals surface area contributed by atoms with Gasteiger partial charge in [-0.15, -0.1) is 0 Å². The summed E-state index contributed by atoms with van der Waals surface area (Å²) >= 11 is 0. The van der Waals surface area contributed by atoms with Crippen molar-refractivity contribution in [3.05, 3.63) is 71.8 Å². The molecule has 48 heavy (non-hydrogen) atoms. The monoisotopic (exact) mass is 665 g/mol. The van der Waals surface area contributed by atoms with Crippen LogP contribution < -0.4 is 37.4 Å². The van der Waals surface area contributed by atoms with Gasteiger partial charge in [0.05, 0.1) is 6.42 Å². The number of hydroxylamine groups is 1. The Morgan fingerprint density at radius 1 is 0.750 bits per heavy atom. The van der Waals surface area contributed by atoms with Gasteiger partial charge in [-0.2, -0.15) is 0 Å². The van der Waals surface area contributed by atoms with Gasteiger partial charge in [-0.05, 0) is 24.0 Å². The van der Waals surface area contributed by atoms with Crippen molar-refractivity contribution in [1.82, 2.24) is 37.4 Å². The van der Waals surface area contributed by atoms with Gasteiger partial charge in [-0.1, -0.05) is 74.5 Å². The lowest BCUT2D eigenvalue weighted by molar-refractivity contribution is -0.137. The minimum Gasteiger partial charge on any atom is -0.354 e. The highest BCUT2D eigenvalue weighted by Gasteiger charge is 2.34. The van der Waals surface area contributed by atoms with Gasteiger partial charge in [0, 0.05) is 25.8 Å². The Bertz CT molecular complexity index is 1450. The highest BCUT2D eigenvalue weighted by molar-refractivity contribution is 5.98. The smallest absolute Gasteiger partial charge is 0.245 e. The lowest BCUT2D eigenvalue weighted by Crippen LogP contribution is -2.61. The second kappa shape index (κ2) is 18.1. The van der Waals surface area contributed by atoms with Crippen molar-refractivity contribution in [3.8, 4) is 0 Å². The van der Waals surface area contributed by atoms with Crippen LogP contribution in [0.5, 0.6) is 0 Å². The van der Waals surface area contributed by atoms with Gasteiger partial charge in [0.1, 0.15) is 30.2 Å². The number of nitrogens with one attached hydrogen (secondary N) is 7. The quantitative estimate of drug-likeness (QED) is 0.122. The molecule has 0 bridgehead atoms. The van der Waals surface area contributed by atoms with E-state index in [1.165, 1.54) is 12.4 Å². The fourth-order valence-electron chi connectivity index (χ4n) is 4.97. The summed E-state index contributed by atoms with van der Waals surface area (Å²) in [5.41, 5.74) is 2.85. The van der Waals surface area contributed by atoms with Crippen molar-refractivity contribution >= 4 is 41.4 Å². The van der Waals surface area contributed by atoms with E-state index in [1.807, 2.05) is 0 Å². The van der Waals surface area contributed by atoms with Gasteiger partial charge in [-0.25, -0.2) is 5.48 Å². The molecule has 0 aliphatic carbocycles. The molecule has 1 aliphatic rings. The summed E-state index contributed by atoms with van der Waals surface area (Å²) in [6.45, 7) is 4.58. The zero-order valence-electron chi connectivity index (χ0n) is 27.1. The maximum Gasteiger partial charge on any atom is 0.245 e. The van der Waals surface area contributed by atoms with Crippen LogP contribution in [-0.4, -0.2) is 83.3 Å². The lowest BCUT2D eigenvalue weighted by atomic mass is 10.0. The molecule has 0 saturated carbocycles. The number of hydrogen-bond donors (Lipinski definition) is 8. The van der Waals surface area contributed by atoms with E-state index in [0.717, 1.165) is 5.56 Å². The zero-order chi connectivity index (χ0) is 35.2. The third kappa shape index (κ3) is 11.5. The van der Waals surface area contributed by atoms with Crippen molar-refractivity contribution in [1.29, 1.82) is 0 Å². The number of rotatable bonds is 9. The molecule has 0 aromatic heterocycles. The third-order valence-electron chi connectivity index (χ3n) is 7.65. The molecule has 0 radical (unpaired) electrons. The summed E-state index contributed by atoms with van der Waals surface area (Å²) < 4.78 is 0. The predicted molar refractivity (Wildman–Crippen MR) is 173 cm³/mol. The van der Waals surface area contributed by atoms with Crippen LogP contribution >= 0.6 is 0 Å². The summed E-state index contributed by atoms with van der Waals surface area (Å²) in [7, 11) is 0. The van der Waals surface area contributed by atoms with E-state index < -0.39 is 83.9 Å². The van der Waals surface area contributed by atoms with E-state index in [1.54, 1.807) is 74.5 Å². The molecule has 15 nitrogen and oxygen atoms in total. The summed E-state index contributed by atoms with van der Waals surface area (Å²) in [4.78, 5) is 92.0. The first-order chi connectivity index (χ1) is 22.9. The van der Waals surface area contributed by atoms with Crippen LogP contribution in [0.2, 0.25) is 0 Å². The molecule has 1 fully saturated rings. The molecule has 3 rings (SSSR count). The average Bonchev–Trinajstić information content (AvgIpc) is 3.06. The Morgan fingerprint density at radius 2 is 1.27 bits per heavy atom. The SMILES string of the molecule is CC1NC(=O)C(C(C)C)NC(=O)CC(C(=O)NCCC(=O)NO)NC(=O)C(Cc2ccccc2)NC(=O)C(Cc2ccccc2)NC1=O. The van der Waals surface area contributed by atoms with Crippen molar-refractivity contribution in [2.75, 3.05) is 6.54 Å². The van der Waals surface area contributed by atoms with Crippen LogP contribution in [0.4, 0.5) is 0 Å². The van der Waals surface area contributed by atoms with E-state index in [9.17, 15) is 33.6 Å². The molecule has 15 heteroatoms. The first-order valence-electron chi connectivity index (χ1n) is 15.7. The molecule has 7 amide bonds. The second-order valence-corrected chi connectivity index (χ2v) is 11.9. The number of hydrogen-bond acceptors (Lipinski definition) is 8. The number of benzene rings is 2. The van der Waals surface area contributed by atoms with Crippen molar-refractivity contribution < 1.29 is 38.8 Å². The summed E-state index contributed by atoms with van der Waals surface area (Å²) in [6.07, 6.45) is -0.817. The van der Waals surface area contributed by atoms with E-state index in [0.29, 0.717) is 5.56 Å². The molecule has 1 aliphatic heterocycles. The molecule has 5 atom stereocenters. The van der Waals surface area contributed by atoms with Gasteiger partial charge in [0.25, 0.3) is 0 Å². The first-order valence-corrected chi connectivity index (χ1v) is 15.7. The van der Waals surface area contributed by atoms with Crippen molar-refractivity contribution in [2.24, 2.45) is 5.92 Å². The van der Waals surface area contributed by atoms with Crippen LogP contribution in [-0.2, 0) is 46.4 Å². The summed E-state index contributed by atoms with van der Waals surface area (Å²) in [6, 6.07) is 11.6. The second-order valence-electron chi connectivity index (χ2n) is 11.9. The van der Waals surface area contributed by atoms with Gasteiger partial charge < -0.3 is 31.9 Å². The summed E-state index contributed by atoms with van der Waals surface area (Å²) in [5.74, 6) is -5.58. The van der Waals surface area contributed by atoms with Crippen molar-refractivity contribution in [3.63, 3.8) is 0 Å². The van der Waals surface area contributed by atoms with Gasteiger partial charge in [-0.3, -0.25) is 38.8 Å². The minimum absolute atomic E-state index is 0.00348. The molecular formula is C33H43N7O8. The normalized spacial score (nSPS) is 22.8. The molecule has 258 valence electrons. The molecule has 5 unspecified atom stereocenters. The largest absolute Gasteiger partial charge is 0.354 e.